The van der Waals surface area contributed by atoms with Crippen LogP contribution in [-0.4, -0.2) is 30.5 Å². The number of rotatable bonds is 8. The highest BCUT2D eigenvalue weighted by Gasteiger charge is 2.12. The first-order valence-corrected chi connectivity index (χ1v) is 9.90. The van der Waals surface area contributed by atoms with E-state index < -0.39 is 0 Å². The number of hydrogen-bond acceptors (Lipinski definition) is 3. The lowest BCUT2D eigenvalue weighted by Gasteiger charge is -2.15. The minimum atomic E-state index is -0.0986. The molecule has 1 amide bonds. The summed E-state index contributed by atoms with van der Waals surface area (Å²) in [6, 6.07) is 16.4. The average molecular weight is 367 g/mol. The van der Waals surface area contributed by atoms with Crippen molar-refractivity contribution in [3.63, 3.8) is 0 Å². The quantitative estimate of drug-likeness (QED) is 0.765. The Morgan fingerprint density at radius 1 is 1.07 bits per heavy atom. The third-order valence-electron chi connectivity index (χ3n) is 4.99. The first kappa shape index (κ1) is 19.4. The van der Waals surface area contributed by atoms with Crippen molar-refractivity contribution in [2.24, 2.45) is 0 Å². The monoisotopic (exact) mass is 366 g/mol. The summed E-state index contributed by atoms with van der Waals surface area (Å²) < 4.78 is 5.74. The number of nitrogens with one attached hydrogen (secondary N) is 1. The second-order valence-corrected chi connectivity index (χ2v) is 7.56. The molecule has 0 bridgehead atoms. The van der Waals surface area contributed by atoms with Crippen molar-refractivity contribution in [1.82, 2.24) is 10.2 Å². The first-order chi connectivity index (χ1) is 13.1. The van der Waals surface area contributed by atoms with E-state index in [2.05, 4.69) is 48.3 Å². The maximum Gasteiger partial charge on any atom is 0.258 e. The van der Waals surface area contributed by atoms with Crippen LogP contribution in [0.25, 0.3) is 0 Å². The van der Waals surface area contributed by atoms with E-state index in [-0.39, 0.29) is 12.5 Å². The van der Waals surface area contributed by atoms with E-state index in [1.807, 2.05) is 24.3 Å². The molecule has 2 aromatic rings. The van der Waals surface area contributed by atoms with Crippen LogP contribution in [0.15, 0.2) is 48.5 Å². The summed E-state index contributed by atoms with van der Waals surface area (Å²) in [4.78, 5) is 14.7. The van der Waals surface area contributed by atoms with E-state index in [4.69, 9.17) is 4.74 Å². The molecule has 0 aliphatic carbocycles. The van der Waals surface area contributed by atoms with Crippen molar-refractivity contribution in [2.45, 2.75) is 45.7 Å². The summed E-state index contributed by atoms with van der Waals surface area (Å²) in [7, 11) is 0. The standard InChI is InChI=1S/C23H30N2O2/c1-18(2)21-10-3-4-11-22(21)27-17-23(26)24-15-19-8-7-9-20(14-19)16-25-12-5-6-13-25/h3-4,7-11,14,18H,5-6,12-13,15-17H2,1-2H3,(H,24,26). The number of nitrogens with zero attached hydrogens (tertiary/aromatic N) is 1. The molecule has 1 N–H and O–H groups in total. The van der Waals surface area contributed by atoms with Gasteiger partial charge in [-0.05, 0) is 54.6 Å². The molecule has 0 aromatic heterocycles. The molecule has 1 aliphatic rings. The molecule has 2 aromatic carbocycles. The van der Waals surface area contributed by atoms with Crippen LogP contribution < -0.4 is 10.1 Å². The van der Waals surface area contributed by atoms with Crippen LogP contribution in [0.5, 0.6) is 5.75 Å². The minimum absolute atomic E-state index is 0.0389. The van der Waals surface area contributed by atoms with Crippen LogP contribution in [-0.2, 0) is 17.9 Å². The van der Waals surface area contributed by atoms with Gasteiger partial charge < -0.3 is 10.1 Å². The number of para-hydroxylation sites is 1. The fraction of sp³-hybridized carbons (Fsp3) is 0.435. The number of likely N-dealkylation sites (tertiary alicyclic amines) is 1. The predicted molar refractivity (Wildman–Crippen MR) is 109 cm³/mol. The second kappa shape index (κ2) is 9.56. The SMILES string of the molecule is CC(C)c1ccccc1OCC(=O)NCc1cccc(CN2CCCC2)c1. The first-order valence-electron chi connectivity index (χ1n) is 9.90. The summed E-state index contributed by atoms with van der Waals surface area (Å²) in [6.07, 6.45) is 2.60. The minimum Gasteiger partial charge on any atom is -0.483 e. The molecule has 4 heteroatoms. The zero-order valence-electron chi connectivity index (χ0n) is 16.4. The zero-order valence-corrected chi connectivity index (χ0v) is 16.4. The predicted octanol–water partition coefficient (Wildman–Crippen LogP) is 4.10. The maximum absolute atomic E-state index is 12.2. The smallest absolute Gasteiger partial charge is 0.258 e. The maximum atomic E-state index is 12.2. The van der Waals surface area contributed by atoms with E-state index in [0.717, 1.165) is 23.4 Å². The van der Waals surface area contributed by atoms with Gasteiger partial charge in [-0.1, -0.05) is 56.3 Å². The molecule has 1 saturated heterocycles. The summed E-state index contributed by atoms with van der Waals surface area (Å²) in [5.74, 6) is 1.05. The fourth-order valence-electron chi connectivity index (χ4n) is 3.52. The van der Waals surface area contributed by atoms with Gasteiger partial charge >= 0.3 is 0 Å². The number of carbonyl (C=O) groups excluding carboxylic acids is 1. The van der Waals surface area contributed by atoms with Gasteiger partial charge in [-0.2, -0.15) is 0 Å². The Bertz CT molecular complexity index is 752. The molecule has 3 rings (SSSR count). The topological polar surface area (TPSA) is 41.6 Å². The highest BCUT2D eigenvalue weighted by atomic mass is 16.5. The number of amides is 1. The lowest BCUT2D eigenvalue weighted by atomic mass is 10.0. The summed E-state index contributed by atoms with van der Waals surface area (Å²) in [5, 5.41) is 2.96. The van der Waals surface area contributed by atoms with Crippen molar-refractivity contribution in [3.8, 4) is 5.75 Å². The molecular weight excluding hydrogens is 336 g/mol. The molecule has 0 saturated carbocycles. The second-order valence-electron chi connectivity index (χ2n) is 7.56. The summed E-state index contributed by atoms with van der Waals surface area (Å²) in [5.41, 5.74) is 3.56. The van der Waals surface area contributed by atoms with Crippen LogP contribution in [0.1, 0.15) is 49.3 Å². The lowest BCUT2D eigenvalue weighted by Crippen LogP contribution is -2.28. The van der Waals surface area contributed by atoms with Crippen molar-refractivity contribution in [2.75, 3.05) is 19.7 Å². The highest BCUT2D eigenvalue weighted by molar-refractivity contribution is 5.77. The fourth-order valence-corrected chi connectivity index (χ4v) is 3.52. The Morgan fingerprint density at radius 3 is 2.59 bits per heavy atom. The Labute approximate surface area is 162 Å². The molecule has 1 heterocycles. The Morgan fingerprint density at radius 2 is 1.81 bits per heavy atom. The molecule has 144 valence electrons. The number of ether oxygens (including phenoxy) is 1. The van der Waals surface area contributed by atoms with Crippen molar-refractivity contribution < 1.29 is 9.53 Å². The third-order valence-corrected chi connectivity index (χ3v) is 4.99. The average Bonchev–Trinajstić information content (AvgIpc) is 3.18. The number of benzene rings is 2. The van der Waals surface area contributed by atoms with Gasteiger partial charge in [0, 0.05) is 13.1 Å². The normalized spacial score (nSPS) is 14.5. The lowest BCUT2D eigenvalue weighted by molar-refractivity contribution is -0.123. The van der Waals surface area contributed by atoms with Crippen molar-refractivity contribution >= 4 is 5.91 Å². The van der Waals surface area contributed by atoms with Crippen molar-refractivity contribution in [3.05, 3.63) is 65.2 Å². The van der Waals surface area contributed by atoms with Gasteiger partial charge in [-0.15, -0.1) is 0 Å². The number of hydrogen-bond donors (Lipinski definition) is 1. The van der Waals surface area contributed by atoms with E-state index in [0.29, 0.717) is 12.5 Å². The molecule has 0 atom stereocenters. The largest absolute Gasteiger partial charge is 0.483 e. The highest BCUT2D eigenvalue weighted by Crippen LogP contribution is 2.25. The molecule has 0 unspecified atom stereocenters. The van der Waals surface area contributed by atoms with Gasteiger partial charge in [0.05, 0.1) is 0 Å². The Balaban J connectivity index is 1.48. The van der Waals surface area contributed by atoms with E-state index in [1.54, 1.807) is 0 Å². The Kier molecular flexibility index (Phi) is 6.88. The molecule has 0 spiro atoms. The summed E-state index contributed by atoms with van der Waals surface area (Å²) >= 11 is 0. The van der Waals surface area contributed by atoms with Gasteiger partial charge in [-0.3, -0.25) is 9.69 Å². The van der Waals surface area contributed by atoms with Gasteiger partial charge in [-0.25, -0.2) is 0 Å². The summed E-state index contributed by atoms with van der Waals surface area (Å²) in [6.45, 7) is 8.19. The van der Waals surface area contributed by atoms with Crippen LogP contribution in [0, 0.1) is 0 Å². The molecule has 1 aliphatic heterocycles. The molecule has 1 fully saturated rings. The molecule has 0 radical (unpaired) electrons. The third kappa shape index (κ3) is 5.83. The van der Waals surface area contributed by atoms with Crippen LogP contribution in [0.3, 0.4) is 0 Å². The van der Waals surface area contributed by atoms with Crippen LogP contribution in [0.4, 0.5) is 0 Å². The van der Waals surface area contributed by atoms with E-state index in [9.17, 15) is 4.79 Å². The van der Waals surface area contributed by atoms with E-state index >= 15 is 0 Å². The van der Waals surface area contributed by atoms with Crippen molar-refractivity contribution in [1.29, 1.82) is 0 Å². The van der Waals surface area contributed by atoms with Gasteiger partial charge in [0.25, 0.3) is 5.91 Å². The van der Waals surface area contributed by atoms with Gasteiger partial charge in [0.15, 0.2) is 6.61 Å². The Hall–Kier alpha value is -2.33. The molecule has 27 heavy (non-hydrogen) atoms. The number of carbonyl (C=O) groups is 1. The van der Waals surface area contributed by atoms with E-state index in [1.165, 1.54) is 31.5 Å². The van der Waals surface area contributed by atoms with Crippen LogP contribution >= 0.6 is 0 Å². The molecule has 4 nitrogen and oxygen atoms in total. The molecular formula is C23H30N2O2. The van der Waals surface area contributed by atoms with Gasteiger partial charge in [0.1, 0.15) is 5.75 Å². The van der Waals surface area contributed by atoms with Gasteiger partial charge in [0.2, 0.25) is 0 Å². The zero-order chi connectivity index (χ0) is 19.1. The van der Waals surface area contributed by atoms with Crippen LogP contribution in [0.2, 0.25) is 0 Å².